The maximum absolute atomic E-state index is 12.7. The lowest BCUT2D eigenvalue weighted by Gasteiger charge is -2.28. The molecule has 0 spiro atoms. The number of aryl methyl sites for hydroxylation is 2. The highest BCUT2D eigenvalue weighted by Gasteiger charge is 2.27. The Morgan fingerprint density at radius 1 is 1.00 bits per heavy atom. The van der Waals surface area contributed by atoms with Gasteiger partial charge in [-0.3, -0.25) is 14.3 Å². The fourth-order valence-corrected chi connectivity index (χ4v) is 4.36. The van der Waals surface area contributed by atoms with Crippen molar-refractivity contribution in [3.63, 3.8) is 0 Å². The number of likely N-dealkylation sites (tertiary alicyclic amines) is 1. The van der Waals surface area contributed by atoms with Crippen LogP contribution in [-0.2, 0) is 36.0 Å². The van der Waals surface area contributed by atoms with Gasteiger partial charge in [0.15, 0.2) is 6.61 Å². The molecule has 4 rings (SSSR count). The number of piperidine rings is 1. The number of carbonyl (C=O) groups excluding carboxylic acids is 2. The number of rotatable bonds is 6. The summed E-state index contributed by atoms with van der Waals surface area (Å²) in [6.07, 6.45) is 5.31. The first kappa shape index (κ1) is 20.4. The van der Waals surface area contributed by atoms with Crippen molar-refractivity contribution in [2.45, 2.75) is 45.1 Å². The molecule has 0 N–H and O–H groups in total. The van der Waals surface area contributed by atoms with Gasteiger partial charge in [0, 0.05) is 63.7 Å². The third-order valence-corrected chi connectivity index (χ3v) is 6.07. The molecular formula is C23H30N4O3. The quantitative estimate of drug-likeness (QED) is 0.733. The fourth-order valence-electron chi connectivity index (χ4n) is 4.36. The number of aromatic nitrogens is 2. The number of nitrogens with zero attached hydrogens (tertiary/aromatic N) is 4. The third kappa shape index (κ3) is 4.66. The number of fused-ring (bicyclic) bond motifs is 1. The predicted molar refractivity (Wildman–Crippen MR) is 113 cm³/mol. The van der Waals surface area contributed by atoms with Gasteiger partial charge in [-0.15, -0.1) is 0 Å². The second kappa shape index (κ2) is 9.32. The SMILES string of the molecule is Cn1nc(CCC(=O)N2CCCCC2)c2c1CCN(C(=O)COc1ccccc1)C2. The van der Waals surface area contributed by atoms with E-state index in [9.17, 15) is 9.59 Å². The minimum atomic E-state index is -0.0244. The van der Waals surface area contributed by atoms with Gasteiger partial charge in [-0.25, -0.2) is 0 Å². The molecule has 7 heteroatoms. The molecule has 30 heavy (non-hydrogen) atoms. The fraction of sp³-hybridized carbons (Fsp3) is 0.522. The van der Waals surface area contributed by atoms with E-state index in [1.165, 1.54) is 12.1 Å². The van der Waals surface area contributed by atoms with Crippen LogP contribution in [0.3, 0.4) is 0 Å². The van der Waals surface area contributed by atoms with Crippen LogP contribution < -0.4 is 4.74 Å². The molecule has 160 valence electrons. The molecule has 3 heterocycles. The average Bonchev–Trinajstić information content (AvgIpc) is 3.12. The highest BCUT2D eigenvalue weighted by molar-refractivity contribution is 5.78. The van der Waals surface area contributed by atoms with E-state index < -0.39 is 0 Å². The normalized spacial score (nSPS) is 16.3. The van der Waals surface area contributed by atoms with Crippen LogP contribution in [0.4, 0.5) is 0 Å². The van der Waals surface area contributed by atoms with Crippen molar-refractivity contribution in [1.29, 1.82) is 0 Å². The van der Waals surface area contributed by atoms with E-state index in [2.05, 4.69) is 5.10 Å². The summed E-state index contributed by atoms with van der Waals surface area (Å²) >= 11 is 0. The van der Waals surface area contributed by atoms with Gasteiger partial charge in [0.25, 0.3) is 5.91 Å². The Morgan fingerprint density at radius 3 is 2.53 bits per heavy atom. The van der Waals surface area contributed by atoms with Crippen molar-refractivity contribution in [3.05, 3.63) is 47.3 Å². The van der Waals surface area contributed by atoms with Crippen LogP contribution in [0.1, 0.15) is 42.6 Å². The van der Waals surface area contributed by atoms with E-state index in [0.717, 1.165) is 43.6 Å². The lowest BCUT2D eigenvalue weighted by Crippen LogP contribution is -2.39. The zero-order valence-corrected chi connectivity index (χ0v) is 17.7. The largest absolute Gasteiger partial charge is 0.484 e. The molecule has 1 saturated heterocycles. The maximum atomic E-state index is 12.7. The molecular weight excluding hydrogens is 380 g/mol. The standard InChI is InChI=1S/C23H30N4O3/c1-25-21-12-15-27(23(29)17-30-18-8-4-2-5-9-18)16-19(21)20(24-25)10-11-22(28)26-13-6-3-7-14-26/h2,4-5,8-9H,3,6-7,10-17H2,1H3. The second-order valence-electron chi connectivity index (χ2n) is 8.10. The Labute approximate surface area is 177 Å². The smallest absolute Gasteiger partial charge is 0.260 e. The van der Waals surface area contributed by atoms with E-state index in [-0.39, 0.29) is 18.4 Å². The first-order chi connectivity index (χ1) is 14.6. The van der Waals surface area contributed by atoms with Crippen molar-refractivity contribution in [2.75, 3.05) is 26.2 Å². The molecule has 0 saturated carbocycles. The first-order valence-electron chi connectivity index (χ1n) is 10.9. The zero-order chi connectivity index (χ0) is 20.9. The van der Waals surface area contributed by atoms with Crippen LogP contribution in [0, 0.1) is 0 Å². The number of benzene rings is 1. The van der Waals surface area contributed by atoms with Crippen LogP contribution in [0.25, 0.3) is 0 Å². The zero-order valence-electron chi connectivity index (χ0n) is 17.7. The lowest BCUT2D eigenvalue weighted by atomic mass is 10.0. The summed E-state index contributed by atoms with van der Waals surface area (Å²) in [7, 11) is 1.95. The first-order valence-corrected chi connectivity index (χ1v) is 10.9. The van der Waals surface area contributed by atoms with Gasteiger partial charge < -0.3 is 14.5 Å². The van der Waals surface area contributed by atoms with E-state index in [1.807, 2.05) is 51.9 Å². The van der Waals surface area contributed by atoms with Gasteiger partial charge in [0.2, 0.25) is 5.91 Å². The molecule has 2 aliphatic rings. The average molecular weight is 411 g/mol. The Hall–Kier alpha value is -2.83. The number of para-hydroxylation sites is 1. The van der Waals surface area contributed by atoms with Crippen LogP contribution in [0.15, 0.2) is 30.3 Å². The monoisotopic (exact) mass is 410 g/mol. The molecule has 7 nitrogen and oxygen atoms in total. The van der Waals surface area contributed by atoms with Gasteiger partial charge in [0.05, 0.1) is 5.69 Å². The number of carbonyl (C=O) groups is 2. The van der Waals surface area contributed by atoms with Crippen molar-refractivity contribution in [2.24, 2.45) is 7.05 Å². The minimum absolute atomic E-state index is 0.0244. The molecule has 0 radical (unpaired) electrons. The van der Waals surface area contributed by atoms with E-state index in [1.54, 1.807) is 0 Å². The topological polar surface area (TPSA) is 67.7 Å². The van der Waals surface area contributed by atoms with Crippen LogP contribution in [0.2, 0.25) is 0 Å². The lowest BCUT2D eigenvalue weighted by molar-refractivity contribution is -0.134. The maximum Gasteiger partial charge on any atom is 0.260 e. The van der Waals surface area contributed by atoms with Gasteiger partial charge >= 0.3 is 0 Å². The number of hydrogen-bond donors (Lipinski definition) is 0. The van der Waals surface area contributed by atoms with Gasteiger partial charge in [-0.05, 0) is 31.4 Å². The minimum Gasteiger partial charge on any atom is -0.484 e. The number of amides is 2. The van der Waals surface area contributed by atoms with Crippen LogP contribution in [-0.4, -0.2) is 57.6 Å². The second-order valence-corrected chi connectivity index (χ2v) is 8.10. The molecule has 1 fully saturated rings. The molecule has 0 unspecified atom stereocenters. The number of hydrogen-bond acceptors (Lipinski definition) is 4. The Balaban J connectivity index is 1.36. The molecule has 2 aromatic rings. The summed E-state index contributed by atoms with van der Waals surface area (Å²) in [5.41, 5.74) is 3.21. The van der Waals surface area contributed by atoms with Crippen LogP contribution >= 0.6 is 0 Å². The summed E-state index contributed by atoms with van der Waals surface area (Å²) in [5.74, 6) is 0.889. The summed E-state index contributed by atoms with van der Waals surface area (Å²) in [6, 6.07) is 9.39. The van der Waals surface area contributed by atoms with Crippen molar-refractivity contribution >= 4 is 11.8 Å². The summed E-state index contributed by atoms with van der Waals surface area (Å²) in [5, 5.41) is 4.67. The Bertz CT molecular complexity index is 887. The third-order valence-electron chi connectivity index (χ3n) is 6.07. The number of ether oxygens (including phenoxy) is 1. The summed E-state index contributed by atoms with van der Waals surface area (Å²) in [6.45, 7) is 2.98. The summed E-state index contributed by atoms with van der Waals surface area (Å²) < 4.78 is 7.54. The molecule has 1 aromatic heterocycles. The van der Waals surface area contributed by atoms with E-state index >= 15 is 0 Å². The molecule has 1 aromatic carbocycles. The van der Waals surface area contributed by atoms with Crippen LogP contribution in [0.5, 0.6) is 5.75 Å². The molecule has 0 atom stereocenters. The Kier molecular flexibility index (Phi) is 6.35. The molecule has 2 aliphatic heterocycles. The van der Waals surface area contributed by atoms with Crippen molar-refractivity contribution < 1.29 is 14.3 Å². The molecule has 2 amide bonds. The summed E-state index contributed by atoms with van der Waals surface area (Å²) in [4.78, 5) is 29.1. The molecule has 0 bridgehead atoms. The highest BCUT2D eigenvalue weighted by Crippen LogP contribution is 2.24. The van der Waals surface area contributed by atoms with E-state index in [0.29, 0.717) is 31.7 Å². The van der Waals surface area contributed by atoms with Gasteiger partial charge in [-0.1, -0.05) is 18.2 Å². The highest BCUT2D eigenvalue weighted by atomic mass is 16.5. The predicted octanol–water partition coefficient (Wildman–Crippen LogP) is 2.33. The van der Waals surface area contributed by atoms with Gasteiger partial charge in [-0.2, -0.15) is 5.10 Å². The van der Waals surface area contributed by atoms with E-state index in [4.69, 9.17) is 4.74 Å². The van der Waals surface area contributed by atoms with Crippen molar-refractivity contribution in [3.8, 4) is 5.75 Å². The van der Waals surface area contributed by atoms with Crippen molar-refractivity contribution in [1.82, 2.24) is 19.6 Å². The molecule has 0 aliphatic carbocycles. The van der Waals surface area contributed by atoms with Gasteiger partial charge in [0.1, 0.15) is 5.75 Å². The Morgan fingerprint density at radius 2 is 1.77 bits per heavy atom.